The van der Waals surface area contributed by atoms with E-state index >= 15 is 0 Å². The number of nitrogens with one attached hydrogen (secondary N) is 1. The first kappa shape index (κ1) is 14.3. The van der Waals surface area contributed by atoms with Gasteiger partial charge in [0.1, 0.15) is 0 Å². The Morgan fingerprint density at radius 3 is 2.90 bits per heavy atom. The van der Waals surface area contributed by atoms with Crippen molar-refractivity contribution in [3.05, 3.63) is 53.7 Å². The molecular weight excluding hydrogens is 248 g/mol. The maximum absolute atomic E-state index is 11.8. The second-order valence-electron chi connectivity index (χ2n) is 4.79. The van der Waals surface area contributed by atoms with E-state index in [4.69, 9.17) is 0 Å². The van der Waals surface area contributed by atoms with E-state index in [1.807, 2.05) is 32.1 Å². The molecule has 0 aliphatic heterocycles. The van der Waals surface area contributed by atoms with Crippen LogP contribution in [0.3, 0.4) is 0 Å². The third kappa shape index (κ3) is 3.44. The minimum Gasteiger partial charge on any atom is -0.352 e. The van der Waals surface area contributed by atoms with E-state index in [0.29, 0.717) is 6.54 Å². The Morgan fingerprint density at radius 1 is 1.30 bits per heavy atom. The third-order valence-electron chi connectivity index (χ3n) is 3.26. The summed E-state index contributed by atoms with van der Waals surface area (Å²) >= 11 is 0. The zero-order valence-electron chi connectivity index (χ0n) is 12.0. The highest BCUT2D eigenvalue weighted by molar-refractivity contribution is 5.92. The molecule has 0 spiro atoms. The molecule has 20 heavy (non-hydrogen) atoms. The Morgan fingerprint density at radius 2 is 2.10 bits per heavy atom. The summed E-state index contributed by atoms with van der Waals surface area (Å²) in [5, 5.41) is 4.08. The third-order valence-corrected chi connectivity index (χ3v) is 3.26. The van der Waals surface area contributed by atoms with Gasteiger partial charge in [0.25, 0.3) is 0 Å². The van der Waals surface area contributed by atoms with Crippen LogP contribution in [0.4, 0.5) is 0 Å². The van der Waals surface area contributed by atoms with Crippen LogP contribution in [0.2, 0.25) is 0 Å². The summed E-state index contributed by atoms with van der Waals surface area (Å²) in [6, 6.07) is 10.1. The van der Waals surface area contributed by atoms with Crippen molar-refractivity contribution in [1.82, 2.24) is 10.3 Å². The summed E-state index contributed by atoms with van der Waals surface area (Å²) in [7, 11) is 0. The molecule has 2 rings (SSSR count). The van der Waals surface area contributed by atoms with Gasteiger partial charge in [0.05, 0.1) is 5.52 Å². The molecule has 1 amide bonds. The number of rotatable bonds is 5. The van der Waals surface area contributed by atoms with Gasteiger partial charge in [-0.3, -0.25) is 9.78 Å². The largest absolute Gasteiger partial charge is 0.352 e. The number of hydrogen-bond acceptors (Lipinski definition) is 2. The fourth-order valence-corrected chi connectivity index (χ4v) is 2.22. The highest BCUT2D eigenvalue weighted by Gasteiger charge is 2.04. The van der Waals surface area contributed by atoms with Gasteiger partial charge in [-0.1, -0.05) is 37.3 Å². The van der Waals surface area contributed by atoms with E-state index in [1.165, 1.54) is 5.56 Å². The molecule has 104 valence electrons. The maximum atomic E-state index is 11.8. The zero-order chi connectivity index (χ0) is 14.4. The fraction of sp³-hybridized carbons (Fsp3) is 0.294. The van der Waals surface area contributed by atoms with Crippen molar-refractivity contribution < 1.29 is 4.79 Å². The Hall–Kier alpha value is -2.16. The van der Waals surface area contributed by atoms with Crippen molar-refractivity contribution in [3.8, 4) is 0 Å². The molecule has 3 nitrogen and oxygen atoms in total. The number of fused-ring (bicyclic) bond motifs is 1. The minimum absolute atomic E-state index is 0.0139. The predicted molar refractivity (Wildman–Crippen MR) is 82.5 cm³/mol. The molecule has 1 aromatic carbocycles. The number of hydrogen-bond donors (Lipinski definition) is 1. The Kier molecular flexibility index (Phi) is 4.88. The molecule has 0 aliphatic carbocycles. The van der Waals surface area contributed by atoms with Crippen LogP contribution in [0.25, 0.3) is 10.9 Å². The molecule has 0 radical (unpaired) electrons. The second-order valence-corrected chi connectivity index (χ2v) is 4.79. The summed E-state index contributed by atoms with van der Waals surface area (Å²) in [5.41, 5.74) is 2.97. The summed E-state index contributed by atoms with van der Waals surface area (Å²) in [6.45, 7) is 4.50. The number of benzene rings is 1. The number of allylic oxidation sites excluding steroid dienone is 1. The van der Waals surface area contributed by atoms with Crippen LogP contribution in [-0.4, -0.2) is 17.4 Å². The van der Waals surface area contributed by atoms with Crippen molar-refractivity contribution in [1.29, 1.82) is 0 Å². The molecule has 0 saturated carbocycles. The molecule has 0 fully saturated rings. The van der Waals surface area contributed by atoms with Crippen LogP contribution >= 0.6 is 0 Å². The number of aromatic nitrogens is 1. The normalized spacial score (nSPS) is 11.6. The van der Waals surface area contributed by atoms with Gasteiger partial charge in [-0.25, -0.2) is 0 Å². The maximum Gasteiger partial charge on any atom is 0.246 e. The molecule has 1 heterocycles. The lowest BCUT2D eigenvalue weighted by Crippen LogP contribution is -2.26. The highest BCUT2D eigenvalue weighted by Crippen LogP contribution is 2.15. The molecule has 0 bridgehead atoms. The van der Waals surface area contributed by atoms with Gasteiger partial charge in [0.2, 0.25) is 5.91 Å². The van der Waals surface area contributed by atoms with E-state index in [0.717, 1.165) is 29.3 Å². The first-order chi connectivity index (χ1) is 9.72. The first-order valence-electron chi connectivity index (χ1n) is 7.00. The van der Waals surface area contributed by atoms with E-state index < -0.39 is 0 Å². The molecule has 0 atom stereocenters. The number of nitrogens with zero attached hydrogens (tertiary/aromatic N) is 1. The van der Waals surface area contributed by atoms with Crippen molar-refractivity contribution in [2.24, 2.45) is 0 Å². The van der Waals surface area contributed by atoms with E-state index in [1.54, 1.807) is 6.20 Å². The monoisotopic (exact) mass is 268 g/mol. The van der Waals surface area contributed by atoms with Gasteiger partial charge >= 0.3 is 0 Å². The number of pyridine rings is 1. The summed E-state index contributed by atoms with van der Waals surface area (Å²) in [5.74, 6) is 0.0139. The summed E-state index contributed by atoms with van der Waals surface area (Å²) < 4.78 is 0. The van der Waals surface area contributed by atoms with E-state index in [-0.39, 0.29) is 5.91 Å². The number of carbonyl (C=O) groups excluding carboxylic acids is 1. The van der Waals surface area contributed by atoms with Gasteiger partial charge in [-0.15, -0.1) is 0 Å². The van der Waals surface area contributed by atoms with Crippen LogP contribution < -0.4 is 5.32 Å². The van der Waals surface area contributed by atoms with Crippen molar-refractivity contribution >= 4 is 16.8 Å². The van der Waals surface area contributed by atoms with Crippen molar-refractivity contribution in [2.45, 2.75) is 26.7 Å². The quantitative estimate of drug-likeness (QED) is 0.846. The Bertz CT molecular complexity index is 626. The van der Waals surface area contributed by atoms with E-state index in [9.17, 15) is 4.79 Å². The van der Waals surface area contributed by atoms with Crippen LogP contribution in [0, 0.1) is 0 Å². The van der Waals surface area contributed by atoms with Gasteiger partial charge < -0.3 is 5.32 Å². The van der Waals surface area contributed by atoms with Crippen LogP contribution in [0.5, 0.6) is 0 Å². The molecular formula is C17H20N2O. The number of carbonyl (C=O) groups is 1. The zero-order valence-corrected chi connectivity index (χ0v) is 12.0. The average Bonchev–Trinajstić information content (AvgIpc) is 2.47. The van der Waals surface area contributed by atoms with Crippen molar-refractivity contribution in [3.63, 3.8) is 0 Å². The first-order valence-corrected chi connectivity index (χ1v) is 7.00. The van der Waals surface area contributed by atoms with Crippen molar-refractivity contribution in [2.75, 3.05) is 6.54 Å². The fourth-order valence-electron chi connectivity index (χ4n) is 2.22. The number of amides is 1. The predicted octanol–water partition coefficient (Wildman–Crippen LogP) is 3.25. The second kappa shape index (κ2) is 6.85. The lowest BCUT2D eigenvalue weighted by atomic mass is 10.1. The molecule has 2 aromatic rings. The average molecular weight is 268 g/mol. The Labute approximate surface area is 119 Å². The van der Waals surface area contributed by atoms with Crippen LogP contribution in [-0.2, 0) is 11.2 Å². The molecule has 1 N–H and O–H groups in total. The lowest BCUT2D eigenvalue weighted by molar-refractivity contribution is -0.117. The molecule has 0 aliphatic rings. The van der Waals surface area contributed by atoms with E-state index in [2.05, 4.69) is 28.5 Å². The van der Waals surface area contributed by atoms with Gasteiger partial charge in [0, 0.05) is 23.7 Å². The molecule has 1 aromatic heterocycles. The molecule has 0 saturated heterocycles. The molecule has 3 heteroatoms. The van der Waals surface area contributed by atoms with Crippen LogP contribution in [0.15, 0.2) is 48.2 Å². The Balaban J connectivity index is 2.00. The standard InChI is InChI=1S/C17H20N2O/c1-3-6-13(2)17(20)19-12-10-15-8-4-7-14-9-5-11-18-16(14)15/h4-9,11H,3,10,12H2,1-2H3,(H,19,20)/b13-6-. The highest BCUT2D eigenvalue weighted by atomic mass is 16.1. The SMILES string of the molecule is CC/C=C(/C)C(=O)NCCc1cccc2cccnc12. The topological polar surface area (TPSA) is 42.0 Å². The van der Waals surface area contributed by atoms with Crippen LogP contribution in [0.1, 0.15) is 25.8 Å². The summed E-state index contributed by atoms with van der Waals surface area (Å²) in [4.78, 5) is 16.2. The minimum atomic E-state index is 0.0139. The smallest absolute Gasteiger partial charge is 0.246 e. The molecule has 0 unspecified atom stereocenters. The lowest BCUT2D eigenvalue weighted by Gasteiger charge is -2.07. The van der Waals surface area contributed by atoms with Gasteiger partial charge in [-0.05, 0) is 31.4 Å². The summed E-state index contributed by atoms with van der Waals surface area (Å²) in [6.07, 6.45) is 5.42. The van der Waals surface area contributed by atoms with Gasteiger partial charge in [0.15, 0.2) is 0 Å². The number of para-hydroxylation sites is 1. The van der Waals surface area contributed by atoms with Gasteiger partial charge in [-0.2, -0.15) is 0 Å².